The molecule has 3 nitrogen and oxygen atoms in total. The van der Waals surface area contributed by atoms with E-state index in [-0.39, 0.29) is 0 Å². The molecule has 0 spiro atoms. The molecule has 0 bridgehead atoms. The Bertz CT molecular complexity index is 512. The Hall–Kier alpha value is -1.23. The third-order valence-electron chi connectivity index (χ3n) is 3.89. The van der Waals surface area contributed by atoms with Crippen molar-refractivity contribution in [2.75, 3.05) is 13.1 Å². The molecular weight excluding hydrogens is 266 g/mol. The van der Waals surface area contributed by atoms with E-state index in [2.05, 4.69) is 52.5 Å². The molecule has 4 heteroatoms. The third-order valence-corrected chi connectivity index (χ3v) is 4.84. The monoisotopic (exact) mass is 287 g/mol. The summed E-state index contributed by atoms with van der Waals surface area (Å²) in [5.41, 5.74) is 3.31. The van der Waals surface area contributed by atoms with Gasteiger partial charge in [-0.1, -0.05) is 30.3 Å². The summed E-state index contributed by atoms with van der Waals surface area (Å²) in [5.74, 6) is 0. The molecule has 1 N–H and O–H groups in total. The molecular formula is C16H21N3S. The summed E-state index contributed by atoms with van der Waals surface area (Å²) in [6.45, 7) is 5.61. The second-order valence-corrected chi connectivity index (χ2v) is 6.42. The zero-order valence-electron chi connectivity index (χ0n) is 11.8. The molecule has 20 heavy (non-hydrogen) atoms. The van der Waals surface area contributed by atoms with Crippen LogP contribution in [0.25, 0.3) is 0 Å². The molecule has 1 fully saturated rings. The summed E-state index contributed by atoms with van der Waals surface area (Å²) in [6, 6.07) is 11.7. The Labute approximate surface area is 124 Å². The molecule has 2 aromatic rings. The maximum atomic E-state index is 4.16. The van der Waals surface area contributed by atoms with Gasteiger partial charge < -0.3 is 5.32 Å². The van der Waals surface area contributed by atoms with Gasteiger partial charge in [-0.05, 0) is 18.9 Å². The summed E-state index contributed by atoms with van der Waals surface area (Å²) in [4.78, 5) is 8.02. The molecule has 1 aromatic heterocycles. The zero-order valence-corrected chi connectivity index (χ0v) is 12.6. The molecule has 2 atom stereocenters. The van der Waals surface area contributed by atoms with Crippen molar-refractivity contribution in [1.82, 2.24) is 15.2 Å². The highest BCUT2D eigenvalue weighted by molar-refractivity contribution is 7.09. The van der Waals surface area contributed by atoms with Crippen LogP contribution in [-0.2, 0) is 6.54 Å². The highest BCUT2D eigenvalue weighted by Gasteiger charge is 2.24. The average molecular weight is 287 g/mol. The van der Waals surface area contributed by atoms with Gasteiger partial charge in [-0.3, -0.25) is 9.88 Å². The van der Waals surface area contributed by atoms with Crippen LogP contribution >= 0.6 is 11.3 Å². The van der Waals surface area contributed by atoms with Crippen molar-refractivity contribution in [1.29, 1.82) is 0 Å². The second kappa shape index (κ2) is 6.48. The van der Waals surface area contributed by atoms with E-state index in [1.54, 1.807) is 11.3 Å². The van der Waals surface area contributed by atoms with Crippen molar-refractivity contribution in [3.05, 3.63) is 52.5 Å². The van der Waals surface area contributed by atoms with E-state index < -0.39 is 0 Å². The number of nitrogens with zero attached hydrogens (tertiary/aromatic N) is 2. The summed E-state index contributed by atoms with van der Waals surface area (Å²) in [6.07, 6.45) is 3.20. The Morgan fingerprint density at radius 3 is 3.00 bits per heavy atom. The minimum atomic E-state index is 0.407. The standard InChI is InChI=1S/C16H21N3S/c1-13(16-9-17-12-20-16)18-15-7-8-19(11-15)10-14-5-3-2-4-6-14/h2-6,9,12-13,15,18H,7-8,10-11H2,1H3. The fourth-order valence-electron chi connectivity index (χ4n) is 2.83. The van der Waals surface area contributed by atoms with Gasteiger partial charge in [-0.15, -0.1) is 11.3 Å². The first-order chi connectivity index (χ1) is 9.81. The average Bonchev–Trinajstić information content (AvgIpc) is 3.11. The first-order valence-corrected chi connectivity index (χ1v) is 8.10. The Kier molecular flexibility index (Phi) is 4.45. The van der Waals surface area contributed by atoms with E-state index in [1.165, 1.54) is 23.4 Å². The van der Waals surface area contributed by atoms with Crippen molar-refractivity contribution >= 4 is 11.3 Å². The van der Waals surface area contributed by atoms with Gasteiger partial charge in [0.15, 0.2) is 0 Å². The maximum absolute atomic E-state index is 4.16. The molecule has 0 aliphatic carbocycles. The highest BCUT2D eigenvalue weighted by Crippen LogP contribution is 2.20. The van der Waals surface area contributed by atoms with E-state index in [4.69, 9.17) is 0 Å². The molecule has 1 aliphatic rings. The van der Waals surface area contributed by atoms with Crippen LogP contribution in [0.3, 0.4) is 0 Å². The highest BCUT2D eigenvalue weighted by atomic mass is 32.1. The normalized spacial score (nSPS) is 21.1. The summed E-state index contributed by atoms with van der Waals surface area (Å²) >= 11 is 1.73. The van der Waals surface area contributed by atoms with E-state index >= 15 is 0 Å². The quantitative estimate of drug-likeness (QED) is 0.916. The van der Waals surface area contributed by atoms with Gasteiger partial charge in [0.25, 0.3) is 0 Å². The van der Waals surface area contributed by atoms with Gasteiger partial charge in [0.1, 0.15) is 0 Å². The van der Waals surface area contributed by atoms with Crippen LogP contribution < -0.4 is 5.32 Å². The number of hydrogen-bond acceptors (Lipinski definition) is 4. The van der Waals surface area contributed by atoms with Gasteiger partial charge >= 0.3 is 0 Å². The van der Waals surface area contributed by atoms with Crippen LogP contribution in [0.15, 0.2) is 42.0 Å². The van der Waals surface area contributed by atoms with Crippen molar-refractivity contribution in [2.45, 2.75) is 32.0 Å². The molecule has 1 aliphatic heterocycles. The van der Waals surface area contributed by atoms with Crippen molar-refractivity contribution in [2.24, 2.45) is 0 Å². The minimum Gasteiger partial charge on any atom is -0.305 e. The van der Waals surface area contributed by atoms with Crippen LogP contribution in [0, 0.1) is 0 Å². The first-order valence-electron chi connectivity index (χ1n) is 7.22. The molecule has 0 radical (unpaired) electrons. The lowest BCUT2D eigenvalue weighted by Crippen LogP contribution is -2.34. The lowest BCUT2D eigenvalue weighted by atomic mass is 10.2. The number of benzene rings is 1. The van der Waals surface area contributed by atoms with Crippen molar-refractivity contribution in [3.63, 3.8) is 0 Å². The van der Waals surface area contributed by atoms with E-state index in [9.17, 15) is 0 Å². The fourth-order valence-corrected chi connectivity index (χ4v) is 3.47. The van der Waals surface area contributed by atoms with Gasteiger partial charge in [-0.2, -0.15) is 0 Å². The van der Waals surface area contributed by atoms with Crippen LogP contribution in [0.5, 0.6) is 0 Å². The smallest absolute Gasteiger partial charge is 0.0794 e. The number of hydrogen-bond donors (Lipinski definition) is 1. The number of likely N-dealkylation sites (tertiary alicyclic amines) is 1. The molecule has 1 aromatic carbocycles. The third kappa shape index (κ3) is 3.45. The minimum absolute atomic E-state index is 0.407. The SMILES string of the molecule is CC(NC1CCN(Cc2ccccc2)C1)c1cncs1. The summed E-state index contributed by atoms with van der Waals surface area (Å²) in [5, 5.41) is 3.73. The lowest BCUT2D eigenvalue weighted by Gasteiger charge is -2.19. The van der Waals surface area contributed by atoms with Crippen LogP contribution in [0.4, 0.5) is 0 Å². The zero-order chi connectivity index (χ0) is 13.8. The Morgan fingerprint density at radius 2 is 2.25 bits per heavy atom. The molecule has 0 saturated carbocycles. The van der Waals surface area contributed by atoms with E-state index in [1.807, 2.05) is 11.7 Å². The molecule has 0 amide bonds. The molecule has 3 rings (SSSR count). The van der Waals surface area contributed by atoms with Gasteiger partial charge in [0.2, 0.25) is 0 Å². The van der Waals surface area contributed by atoms with Crippen molar-refractivity contribution in [3.8, 4) is 0 Å². The molecule has 106 valence electrons. The van der Waals surface area contributed by atoms with Crippen LogP contribution in [0.1, 0.15) is 29.8 Å². The second-order valence-electron chi connectivity index (χ2n) is 5.50. The fraction of sp³-hybridized carbons (Fsp3) is 0.438. The number of aromatic nitrogens is 1. The summed E-state index contributed by atoms with van der Waals surface area (Å²) < 4.78 is 0. The number of thiazole rings is 1. The van der Waals surface area contributed by atoms with Crippen molar-refractivity contribution < 1.29 is 0 Å². The Balaban J connectivity index is 1.50. The van der Waals surface area contributed by atoms with E-state index in [0.29, 0.717) is 12.1 Å². The largest absolute Gasteiger partial charge is 0.305 e. The van der Waals surface area contributed by atoms with Crippen LogP contribution in [-0.4, -0.2) is 29.0 Å². The van der Waals surface area contributed by atoms with Crippen LogP contribution in [0.2, 0.25) is 0 Å². The van der Waals surface area contributed by atoms with E-state index in [0.717, 1.165) is 13.1 Å². The van der Waals surface area contributed by atoms with Gasteiger partial charge in [-0.25, -0.2) is 0 Å². The van der Waals surface area contributed by atoms with Gasteiger partial charge in [0, 0.05) is 42.8 Å². The van der Waals surface area contributed by atoms with Gasteiger partial charge in [0.05, 0.1) is 5.51 Å². The number of nitrogens with one attached hydrogen (secondary N) is 1. The lowest BCUT2D eigenvalue weighted by molar-refractivity contribution is 0.316. The molecule has 2 unspecified atom stereocenters. The topological polar surface area (TPSA) is 28.2 Å². The number of rotatable bonds is 5. The molecule has 1 saturated heterocycles. The first kappa shape index (κ1) is 13.7. The Morgan fingerprint density at radius 1 is 1.40 bits per heavy atom. The summed E-state index contributed by atoms with van der Waals surface area (Å²) in [7, 11) is 0. The predicted molar refractivity (Wildman–Crippen MR) is 83.8 cm³/mol. The molecule has 2 heterocycles. The maximum Gasteiger partial charge on any atom is 0.0794 e. The predicted octanol–water partition coefficient (Wildman–Crippen LogP) is 3.07.